The number of carboxylic acids is 1. The number of morpholine rings is 1. The molecule has 1 aliphatic heterocycles. The Kier molecular flexibility index (Phi) is 7.38. The number of carbonyl (C=O) groups is 1. The van der Waals surface area contributed by atoms with Gasteiger partial charge in [-0.05, 0) is 36.2 Å². The predicted octanol–water partition coefficient (Wildman–Crippen LogP) is 3.90. The Morgan fingerprint density at radius 3 is 2.55 bits per heavy atom. The first-order chi connectivity index (χ1) is 14.9. The third kappa shape index (κ3) is 5.68. The molecular formula is C23H25FN2O5. The summed E-state index contributed by atoms with van der Waals surface area (Å²) in [4.78, 5) is 18.4. The molecule has 1 heterocycles. The van der Waals surface area contributed by atoms with Crippen molar-refractivity contribution in [3.05, 3.63) is 65.0 Å². The quantitative estimate of drug-likeness (QED) is 0.351. The zero-order valence-corrected chi connectivity index (χ0v) is 17.2. The molecule has 7 nitrogen and oxygen atoms in total. The average molecular weight is 428 g/mol. The molecule has 31 heavy (non-hydrogen) atoms. The van der Waals surface area contributed by atoms with Crippen LogP contribution in [-0.2, 0) is 16.1 Å². The summed E-state index contributed by atoms with van der Waals surface area (Å²) < 4.78 is 19.9. The number of hydrogen-bond donors (Lipinski definition) is 3. The van der Waals surface area contributed by atoms with Crippen LogP contribution in [0.15, 0.2) is 53.0 Å². The van der Waals surface area contributed by atoms with Gasteiger partial charge in [0.05, 0.1) is 30.2 Å². The molecule has 1 saturated heterocycles. The average Bonchev–Trinajstić information content (AvgIpc) is 2.75. The van der Waals surface area contributed by atoms with E-state index in [0.717, 1.165) is 18.7 Å². The van der Waals surface area contributed by atoms with Crippen molar-refractivity contribution in [1.29, 1.82) is 0 Å². The summed E-state index contributed by atoms with van der Waals surface area (Å²) in [6.07, 6.45) is 0.177. The highest BCUT2D eigenvalue weighted by Gasteiger charge is 2.23. The minimum absolute atomic E-state index is 0.0244. The standard InChI is InChI=1S/C23H25FN2O5/c1-2-20(25-16-4-3-5-17(27)13-16)21(23(29)30)22(28)18-12-15(6-7-19(18)24)14-26-8-10-31-11-9-26/h3-7,12-13,27-28H,2,8-11,14H2,1H3,(H,29,30). The van der Waals surface area contributed by atoms with E-state index in [4.69, 9.17) is 4.74 Å². The Morgan fingerprint density at radius 1 is 1.16 bits per heavy atom. The normalized spacial score (nSPS) is 16.1. The number of aromatic hydroxyl groups is 1. The van der Waals surface area contributed by atoms with Crippen molar-refractivity contribution in [2.24, 2.45) is 4.99 Å². The molecule has 164 valence electrons. The highest BCUT2D eigenvalue weighted by atomic mass is 19.1. The van der Waals surface area contributed by atoms with Gasteiger partial charge in [0, 0.05) is 25.7 Å². The molecule has 0 atom stereocenters. The summed E-state index contributed by atoms with van der Waals surface area (Å²) in [5.41, 5.74) is 0.463. The van der Waals surface area contributed by atoms with Crippen molar-refractivity contribution in [3.8, 4) is 5.75 Å². The fourth-order valence-electron chi connectivity index (χ4n) is 3.40. The summed E-state index contributed by atoms with van der Waals surface area (Å²) in [7, 11) is 0. The largest absolute Gasteiger partial charge is 0.508 e. The molecule has 0 unspecified atom stereocenters. The minimum atomic E-state index is -1.42. The summed E-state index contributed by atoms with van der Waals surface area (Å²) in [6, 6.07) is 10.3. The van der Waals surface area contributed by atoms with Crippen LogP contribution in [0.1, 0.15) is 24.5 Å². The van der Waals surface area contributed by atoms with Crippen LogP contribution in [0, 0.1) is 5.82 Å². The van der Waals surface area contributed by atoms with E-state index in [-0.39, 0.29) is 23.4 Å². The van der Waals surface area contributed by atoms with Crippen molar-refractivity contribution in [2.75, 3.05) is 26.3 Å². The van der Waals surface area contributed by atoms with E-state index in [1.807, 2.05) is 0 Å². The minimum Gasteiger partial charge on any atom is -0.508 e. The maximum absolute atomic E-state index is 14.6. The van der Waals surface area contributed by atoms with Crippen molar-refractivity contribution in [1.82, 2.24) is 4.90 Å². The third-order valence-electron chi connectivity index (χ3n) is 4.96. The van der Waals surface area contributed by atoms with Crippen LogP contribution in [0.3, 0.4) is 0 Å². The van der Waals surface area contributed by atoms with E-state index in [1.165, 1.54) is 24.3 Å². The van der Waals surface area contributed by atoms with E-state index in [1.54, 1.807) is 25.1 Å². The molecule has 0 radical (unpaired) electrons. The monoisotopic (exact) mass is 428 g/mol. The summed E-state index contributed by atoms with van der Waals surface area (Å²) in [6.45, 7) is 4.94. The summed E-state index contributed by atoms with van der Waals surface area (Å²) in [5.74, 6) is -2.86. The number of halogens is 1. The summed E-state index contributed by atoms with van der Waals surface area (Å²) in [5, 5.41) is 30.2. The third-order valence-corrected chi connectivity index (χ3v) is 4.96. The Labute approximate surface area is 179 Å². The van der Waals surface area contributed by atoms with Crippen molar-refractivity contribution >= 4 is 23.1 Å². The second kappa shape index (κ2) is 10.2. The van der Waals surface area contributed by atoms with Crippen LogP contribution in [0.25, 0.3) is 5.76 Å². The van der Waals surface area contributed by atoms with Gasteiger partial charge in [0.2, 0.25) is 0 Å². The van der Waals surface area contributed by atoms with Crippen LogP contribution < -0.4 is 0 Å². The van der Waals surface area contributed by atoms with Gasteiger partial charge in [-0.25, -0.2) is 9.18 Å². The molecule has 2 aromatic rings. The van der Waals surface area contributed by atoms with Gasteiger partial charge in [-0.3, -0.25) is 9.89 Å². The molecule has 0 aliphatic carbocycles. The van der Waals surface area contributed by atoms with Gasteiger partial charge in [-0.15, -0.1) is 0 Å². The molecule has 0 spiro atoms. The lowest BCUT2D eigenvalue weighted by atomic mass is 10.00. The fourth-order valence-corrected chi connectivity index (χ4v) is 3.40. The number of phenols is 1. The second-order valence-corrected chi connectivity index (χ2v) is 7.16. The number of aliphatic hydroxyl groups is 1. The van der Waals surface area contributed by atoms with E-state index >= 15 is 0 Å². The number of benzene rings is 2. The van der Waals surface area contributed by atoms with Crippen molar-refractivity contribution < 1.29 is 29.2 Å². The lowest BCUT2D eigenvalue weighted by molar-refractivity contribution is -0.132. The van der Waals surface area contributed by atoms with Crippen LogP contribution in [-0.4, -0.2) is 58.2 Å². The smallest absolute Gasteiger partial charge is 0.341 e. The number of ether oxygens (including phenoxy) is 1. The van der Waals surface area contributed by atoms with Gasteiger partial charge in [0.1, 0.15) is 22.9 Å². The van der Waals surface area contributed by atoms with Gasteiger partial charge < -0.3 is 20.1 Å². The maximum atomic E-state index is 14.6. The molecular weight excluding hydrogens is 403 g/mol. The van der Waals surface area contributed by atoms with Gasteiger partial charge >= 0.3 is 5.97 Å². The molecule has 0 saturated carbocycles. The molecule has 8 heteroatoms. The Balaban J connectivity index is 2.01. The molecule has 1 fully saturated rings. The molecule has 3 N–H and O–H groups in total. The zero-order valence-electron chi connectivity index (χ0n) is 17.2. The van der Waals surface area contributed by atoms with Gasteiger partial charge in [-0.1, -0.05) is 19.1 Å². The predicted molar refractivity (Wildman–Crippen MR) is 115 cm³/mol. The lowest BCUT2D eigenvalue weighted by Gasteiger charge is -2.26. The highest BCUT2D eigenvalue weighted by Crippen LogP contribution is 2.26. The topological polar surface area (TPSA) is 103 Å². The van der Waals surface area contributed by atoms with E-state index < -0.39 is 23.1 Å². The van der Waals surface area contributed by atoms with E-state index in [9.17, 15) is 24.5 Å². The molecule has 0 aromatic heterocycles. The van der Waals surface area contributed by atoms with E-state index in [2.05, 4.69) is 9.89 Å². The lowest BCUT2D eigenvalue weighted by Crippen LogP contribution is -2.35. The van der Waals surface area contributed by atoms with Crippen LogP contribution in [0.5, 0.6) is 5.75 Å². The number of rotatable bonds is 7. The van der Waals surface area contributed by atoms with Crippen LogP contribution in [0.4, 0.5) is 10.1 Å². The Morgan fingerprint density at radius 2 is 1.90 bits per heavy atom. The number of nitrogens with zero attached hydrogens (tertiary/aromatic N) is 2. The Hall–Kier alpha value is -3.23. The van der Waals surface area contributed by atoms with E-state index in [0.29, 0.717) is 25.4 Å². The molecule has 3 rings (SSSR count). The first kappa shape index (κ1) is 22.5. The molecule has 0 bridgehead atoms. The number of aliphatic imine (C=N–C) groups is 1. The maximum Gasteiger partial charge on any atom is 0.341 e. The Bertz CT molecular complexity index is 1010. The first-order valence-corrected chi connectivity index (χ1v) is 10.0. The van der Waals surface area contributed by atoms with Crippen molar-refractivity contribution in [2.45, 2.75) is 19.9 Å². The molecule has 0 amide bonds. The van der Waals surface area contributed by atoms with Crippen molar-refractivity contribution in [3.63, 3.8) is 0 Å². The van der Waals surface area contributed by atoms with Crippen LogP contribution >= 0.6 is 0 Å². The SMILES string of the molecule is CCC(=Nc1cccc(O)c1)C(C(=O)O)=C(O)c1cc(CN2CCOCC2)ccc1F. The van der Waals surface area contributed by atoms with Gasteiger partial charge in [0.25, 0.3) is 0 Å². The number of aliphatic hydroxyl groups excluding tert-OH is 1. The number of carboxylic acid groups (broad SMARTS) is 1. The number of hydrogen-bond acceptors (Lipinski definition) is 6. The first-order valence-electron chi connectivity index (χ1n) is 10.0. The van der Waals surface area contributed by atoms with Crippen LogP contribution in [0.2, 0.25) is 0 Å². The number of aliphatic carboxylic acids is 1. The molecule has 1 aliphatic rings. The highest BCUT2D eigenvalue weighted by molar-refractivity contribution is 6.24. The van der Waals surface area contributed by atoms with Gasteiger partial charge in [0.15, 0.2) is 0 Å². The zero-order chi connectivity index (χ0) is 22.4. The fraction of sp³-hybridized carbons (Fsp3) is 0.304. The molecule has 2 aromatic carbocycles. The number of phenolic OH excluding ortho intramolecular Hbond substituents is 1. The van der Waals surface area contributed by atoms with Gasteiger partial charge in [-0.2, -0.15) is 0 Å². The summed E-state index contributed by atoms with van der Waals surface area (Å²) >= 11 is 0. The second-order valence-electron chi connectivity index (χ2n) is 7.16.